The molecule has 9 heteroatoms. The van der Waals surface area contributed by atoms with E-state index in [2.05, 4.69) is 31.1 Å². The third kappa shape index (κ3) is 4.17. The average molecular weight is 346 g/mol. The van der Waals surface area contributed by atoms with E-state index >= 15 is 0 Å². The van der Waals surface area contributed by atoms with Crippen LogP contribution in [0.1, 0.15) is 38.5 Å². The maximum Gasteiger partial charge on any atom is 0.323 e. The standard InChI is InChI=1S/C13H22N4O3S2/c1-13(2,3)10-7-15-11(21-10)16-12(18)17-6-4-5-9(8-17)22(14,19)20/h7,9H,4-6,8H2,1-3H3,(H2,14,19,20)(H,15,16,18). The summed E-state index contributed by atoms with van der Waals surface area (Å²) in [6.07, 6.45) is 2.87. The highest BCUT2D eigenvalue weighted by Crippen LogP contribution is 2.30. The minimum absolute atomic E-state index is 0.0233. The summed E-state index contributed by atoms with van der Waals surface area (Å²) in [5.41, 5.74) is -0.0233. The number of aromatic nitrogens is 1. The van der Waals surface area contributed by atoms with Gasteiger partial charge in [-0.05, 0) is 18.3 Å². The Hall–Kier alpha value is -1.19. The second kappa shape index (κ2) is 6.13. The molecule has 2 rings (SSSR count). The zero-order valence-electron chi connectivity index (χ0n) is 13.0. The lowest BCUT2D eigenvalue weighted by atomic mass is 9.96. The Morgan fingerprint density at radius 1 is 1.50 bits per heavy atom. The van der Waals surface area contributed by atoms with E-state index in [9.17, 15) is 13.2 Å². The van der Waals surface area contributed by atoms with E-state index in [0.717, 1.165) is 4.88 Å². The summed E-state index contributed by atoms with van der Waals surface area (Å²) in [6.45, 7) is 6.88. The van der Waals surface area contributed by atoms with Gasteiger partial charge in [-0.3, -0.25) is 5.32 Å². The number of nitrogens with zero attached hydrogens (tertiary/aromatic N) is 2. The highest BCUT2D eigenvalue weighted by Gasteiger charge is 2.30. The number of urea groups is 1. The smallest absolute Gasteiger partial charge is 0.323 e. The first-order valence-corrected chi connectivity index (χ1v) is 9.54. The highest BCUT2D eigenvalue weighted by atomic mass is 32.2. The normalized spacial score (nSPS) is 20.0. The minimum Gasteiger partial charge on any atom is -0.323 e. The van der Waals surface area contributed by atoms with Crippen molar-refractivity contribution in [1.29, 1.82) is 0 Å². The second-order valence-corrected chi connectivity index (χ2v) is 9.38. The number of piperidine rings is 1. The number of hydrogen-bond donors (Lipinski definition) is 2. The van der Waals surface area contributed by atoms with E-state index in [1.54, 1.807) is 6.20 Å². The molecule has 2 heterocycles. The number of carbonyl (C=O) groups excluding carboxylic acids is 1. The van der Waals surface area contributed by atoms with Crippen LogP contribution in [0.4, 0.5) is 9.93 Å². The van der Waals surface area contributed by atoms with Gasteiger partial charge in [0.15, 0.2) is 5.13 Å². The molecule has 1 aromatic rings. The molecule has 0 saturated carbocycles. The van der Waals surface area contributed by atoms with Crippen LogP contribution in [0.5, 0.6) is 0 Å². The van der Waals surface area contributed by atoms with E-state index in [4.69, 9.17) is 5.14 Å². The van der Waals surface area contributed by atoms with Crippen LogP contribution in [-0.2, 0) is 15.4 Å². The van der Waals surface area contributed by atoms with Gasteiger partial charge >= 0.3 is 6.03 Å². The Morgan fingerprint density at radius 3 is 2.73 bits per heavy atom. The van der Waals surface area contributed by atoms with Crippen LogP contribution in [0.3, 0.4) is 0 Å². The summed E-state index contributed by atoms with van der Waals surface area (Å²) in [5.74, 6) is 0. The van der Waals surface area contributed by atoms with Crippen LogP contribution in [0.25, 0.3) is 0 Å². The van der Waals surface area contributed by atoms with Crippen molar-refractivity contribution in [2.24, 2.45) is 5.14 Å². The third-order valence-corrected chi connectivity index (χ3v) is 6.24. The van der Waals surface area contributed by atoms with Gasteiger partial charge in [0.05, 0.1) is 5.25 Å². The summed E-state index contributed by atoms with van der Waals surface area (Å²) >= 11 is 1.43. The van der Waals surface area contributed by atoms with Gasteiger partial charge < -0.3 is 4.90 Å². The fourth-order valence-corrected chi connectivity index (χ4v) is 3.99. The number of thiazole rings is 1. The quantitative estimate of drug-likeness (QED) is 0.850. The number of likely N-dealkylation sites (tertiary alicyclic amines) is 1. The Bertz CT molecular complexity index is 648. The predicted octanol–water partition coefficient (Wildman–Crippen LogP) is 1.73. The van der Waals surface area contributed by atoms with Crippen molar-refractivity contribution in [2.75, 3.05) is 18.4 Å². The first-order chi connectivity index (χ1) is 10.1. The van der Waals surface area contributed by atoms with Gasteiger partial charge in [-0.25, -0.2) is 23.3 Å². The van der Waals surface area contributed by atoms with Gasteiger partial charge in [-0.2, -0.15) is 0 Å². The largest absolute Gasteiger partial charge is 0.323 e. The molecule has 0 aromatic carbocycles. The summed E-state index contributed by atoms with van der Waals surface area (Å²) in [4.78, 5) is 19.0. The highest BCUT2D eigenvalue weighted by molar-refractivity contribution is 7.89. The van der Waals surface area contributed by atoms with Crippen LogP contribution in [0, 0.1) is 0 Å². The summed E-state index contributed by atoms with van der Waals surface area (Å²) in [6, 6.07) is -0.330. The zero-order valence-corrected chi connectivity index (χ0v) is 14.6. The Morgan fingerprint density at radius 2 is 2.18 bits per heavy atom. The third-order valence-electron chi connectivity index (χ3n) is 3.59. The molecule has 0 spiro atoms. The van der Waals surface area contributed by atoms with Crippen molar-refractivity contribution in [1.82, 2.24) is 9.88 Å². The maximum absolute atomic E-state index is 12.2. The van der Waals surface area contributed by atoms with Gasteiger partial charge in [0.1, 0.15) is 0 Å². The molecule has 0 aliphatic carbocycles. The van der Waals surface area contributed by atoms with Crippen molar-refractivity contribution < 1.29 is 13.2 Å². The monoisotopic (exact) mass is 346 g/mol. The van der Waals surface area contributed by atoms with Gasteiger partial charge in [-0.1, -0.05) is 20.8 Å². The van der Waals surface area contributed by atoms with Crippen molar-refractivity contribution >= 4 is 32.5 Å². The Labute approximate surface area is 135 Å². The van der Waals surface area contributed by atoms with Crippen LogP contribution in [0.15, 0.2) is 6.20 Å². The molecule has 22 heavy (non-hydrogen) atoms. The van der Waals surface area contributed by atoms with Crippen LogP contribution < -0.4 is 10.5 Å². The number of primary sulfonamides is 1. The number of amides is 2. The van der Waals surface area contributed by atoms with Crippen LogP contribution in [0.2, 0.25) is 0 Å². The fraction of sp³-hybridized carbons (Fsp3) is 0.692. The molecule has 0 bridgehead atoms. The number of carbonyl (C=O) groups is 1. The SMILES string of the molecule is CC(C)(C)c1cnc(NC(=O)N2CCCC(S(N)(=O)=O)C2)s1. The molecule has 1 aliphatic heterocycles. The molecule has 7 nitrogen and oxygen atoms in total. The second-order valence-electron chi connectivity index (χ2n) is 6.51. The molecule has 1 aromatic heterocycles. The number of nitrogens with two attached hydrogens (primary N) is 1. The molecular weight excluding hydrogens is 324 g/mol. The van der Waals surface area contributed by atoms with Gasteiger partial charge in [0, 0.05) is 24.2 Å². The number of rotatable bonds is 2. The lowest BCUT2D eigenvalue weighted by molar-refractivity contribution is 0.200. The number of anilines is 1. The molecule has 124 valence electrons. The Balaban J connectivity index is 2.01. The zero-order chi connectivity index (χ0) is 16.5. The van der Waals surface area contributed by atoms with E-state index in [-0.39, 0.29) is 18.0 Å². The van der Waals surface area contributed by atoms with Crippen molar-refractivity contribution in [3.8, 4) is 0 Å². The predicted molar refractivity (Wildman–Crippen MR) is 87.5 cm³/mol. The van der Waals surface area contributed by atoms with Gasteiger partial charge in [-0.15, -0.1) is 11.3 Å². The molecule has 1 aliphatic rings. The van der Waals surface area contributed by atoms with E-state index in [0.29, 0.717) is 24.5 Å². The molecule has 1 saturated heterocycles. The lowest BCUT2D eigenvalue weighted by Gasteiger charge is -2.31. The molecule has 0 radical (unpaired) electrons. The van der Waals surface area contributed by atoms with Crippen molar-refractivity contribution in [3.05, 3.63) is 11.1 Å². The molecular formula is C13H22N4O3S2. The lowest BCUT2D eigenvalue weighted by Crippen LogP contribution is -2.48. The van der Waals surface area contributed by atoms with Crippen LogP contribution in [-0.4, -0.2) is 42.7 Å². The summed E-state index contributed by atoms with van der Waals surface area (Å²) < 4.78 is 22.9. The first-order valence-electron chi connectivity index (χ1n) is 7.11. The minimum atomic E-state index is -3.62. The van der Waals surface area contributed by atoms with E-state index in [1.165, 1.54) is 16.2 Å². The topological polar surface area (TPSA) is 105 Å². The van der Waals surface area contributed by atoms with E-state index < -0.39 is 15.3 Å². The average Bonchev–Trinajstić information content (AvgIpc) is 2.86. The van der Waals surface area contributed by atoms with Crippen molar-refractivity contribution in [2.45, 2.75) is 44.3 Å². The molecule has 3 N–H and O–H groups in total. The van der Waals surface area contributed by atoms with Crippen molar-refractivity contribution in [3.63, 3.8) is 0 Å². The fourth-order valence-electron chi connectivity index (χ4n) is 2.24. The number of hydrogen-bond acceptors (Lipinski definition) is 5. The number of sulfonamides is 1. The summed E-state index contributed by atoms with van der Waals surface area (Å²) in [7, 11) is -3.62. The molecule has 1 atom stereocenters. The Kier molecular flexibility index (Phi) is 4.78. The van der Waals surface area contributed by atoms with Gasteiger partial charge in [0.25, 0.3) is 0 Å². The molecule has 2 amide bonds. The summed E-state index contributed by atoms with van der Waals surface area (Å²) in [5, 5.41) is 7.75. The molecule has 1 fully saturated rings. The number of nitrogens with one attached hydrogen (secondary N) is 1. The van der Waals surface area contributed by atoms with Crippen LogP contribution >= 0.6 is 11.3 Å². The maximum atomic E-state index is 12.2. The van der Waals surface area contributed by atoms with E-state index in [1.807, 2.05) is 0 Å². The molecule has 1 unspecified atom stereocenters. The van der Waals surface area contributed by atoms with Gasteiger partial charge in [0.2, 0.25) is 10.0 Å². The first kappa shape index (κ1) is 17.2.